The van der Waals surface area contributed by atoms with Gasteiger partial charge in [0.05, 0.1) is 18.1 Å². The standard InChI is InChI=1S/C12H14N2O4/c15-6-7-1-2-11(18-7)14-4-3-8-9(16)5-10(17)13-12(8)14/h3-5,7,11,15H,1-2,6H2,(H2,13,16,17)/t7-,11+/m0/s1. The van der Waals surface area contributed by atoms with Gasteiger partial charge in [-0.2, -0.15) is 4.98 Å². The Labute approximate surface area is 103 Å². The zero-order chi connectivity index (χ0) is 12.7. The van der Waals surface area contributed by atoms with Crippen LogP contribution in [0.3, 0.4) is 0 Å². The van der Waals surface area contributed by atoms with Gasteiger partial charge in [0.25, 0.3) is 0 Å². The van der Waals surface area contributed by atoms with Gasteiger partial charge in [-0.15, -0.1) is 0 Å². The normalized spacial score (nSPS) is 23.8. The molecule has 3 N–H and O–H groups in total. The summed E-state index contributed by atoms with van der Waals surface area (Å²) in [5, 5.41) is 28.8. The maximum absolute atomic E-state index is 9.71. The highest BCUT2D eigenvalue weighted by atomic mass is 16.5. The van der Waals surface area contributed by atoms with E-state index in [4.69, 9.17) is 9.84 Å². The molecule has 2 atom stereocenters. The number of rotatable bonds is 2. The number of hydrogen-bond acceptors (Lipinski definition) is 5. The first-order valence-electron chi connectivity index (χ1n) is 5.85. The molecule has 18 heavy (non-hydrogen) atoms. The molecule has 1 saturated heterocycles. The van der Waals surface area contributed by atoms with Crippen molar-refractivity contribution in [2.45, 2.75) is 25.2 Å². The number of ether oxygens (including phenoxy) is 1. The van der Waals surface area contributed by atoms with E-state index in [-0.39, 0.29) is 30.6 Å². The van der Waals surface area contributed by atoms with Gasteiger partial charge in [-0.05, 0) is 18.9 Å². The Morgan fingerprint density at radius 2 is 2.22 bits per heavy atom. The predicted octanol–water partition coefficient (Wildman–Crippen LogP) is 1.12. The van der Waals surface area contributed by atoms with Gasteiger partial charge in [-0.3, -0.25) is 0 Å². The van der Waals surface area contributed by atoms with E-state index in [1.54, 1.807) is 16.8 Å². The molecule has 0 radical (unpaired) electrons. The van der Waals surface area contributed by atoms with Crippen molar-refractivity contribution < 1.29 is 20.1 Å². The second kappa shape index (κ2) is 4.15. The molecule has 0 aliphatic carbocycles. The van der Waals surface area contributed by atoms with E-state index in [0.29, 0.717) is 11.0 Å². The number of pyridine rings is 1. The van der Waals surface area contributed by atoms with Crippen molar-refractivity contribution in [3.8, 4) is 11.6 Å². The second-order valence-corrected chi connectivity index (χ2v) is 4.43. The highest BCUT2D eigenvalue weighted by Gasteiger charge is 2.27. The summed E-state index contributed by atoms with van der Waals surface area (Å²) in [5.74, 6) is -0.232. The van der Waals surface area contributed by atoms with Crippen molar-refractivity contribution in [2.24, 2.45) is 0 Å². The number of aromatic hydroxyl groups is 2. The zero-order valence-electron chi connectivity index (χ0n) is 9.65. The summed E-state index contributed by atoms with van der Waals surface area (Å²) < 4.78 is 7.42. The van der Waals surface area contributed by atoms with Crippen LogP contribution in [0.15, 0.2) is 18.3 Å². The molecular weight excluding hydrogens is 236 g/mol. The summed E-state index contributed by atoms with van der Waals surface area (Å²) in [7, 11) is 0. The molecule has 6 heteroatoms. The number of hydrogen-bond donors (Lipinski definition) is 3. The van der Waals surface area contributed by atoms with Crippen LogP contribution < -0.4 is 0 Å². The Hall–Kier alpha value is -1.79. The van der Waals surface area contributed by atoms with E-state index in [1.807, 2.05) is 0 Å². The monoisotopic (exact) mass is 250 g/mol. The lowest BCUT2D eigenvalue weighted by atomic mass is 10.2. The minimum Gasteiger partial charge on any atom is -0.507 e. The van der Waals surface area contributed by atoms with Crippen LogP contribution in [0, 0.1) is 0 Å². The third-order valence-electron chi connectivity index (χ3n) is 3.25. The van der Waals surface area contributed by atoms with Crippen molar-refractivity contribution in [3.63, 3.8) is 0 Å². The average Bonchev–Trinajstić information content (AvgIpc) is 2.93. The van der Waals surface area contributed by atoms with Crippen LogP contribution in [0.25, 0.3) is 11.0 Å². The highest BCUT2D eigenvalue weighted by molar-refractivity contribution is 5.83. The predicted molar refractivity (Wildman–Crippen MR) is 63.3 cm³/mol. The topological polar surface area (TPSA) is 87.7 Å². The Morgan fingerprint density at radius 3 is 2.94 bits per heavy atom. The number of fused-ring (bicyclic) bond motifs is 1. The first-order valence-corrected chi connectivity index (χ1v) is 5.85. The van der Waals surface area contributed by atoms with Gasteiger partial charge in [0, 0.05) is 12.3 Å². The van der Waals surface area contributed by atoms with E-state index in [0.717, 1.165) is 12.8 Å². The molecule has 1 aliphatic rings. The Bertz CT molecular complexity index is 581. The number of nitrogens with zero attached hydrogens (tertiary/aromatic N) is 2. The number of aromatic nitrogens is 2. The van der Waals surface area contributed by atoms with Gasteiger partial charge in [-0.25, -0.2) is 0 Å². The molecule has 1 fully saturated rings. The van der Waals surface area contributed by atoms with Crippen LogP contribution in [0.5, 0.6) is 11.6 Å². The van der Waals surface area contributed by atoms with E-state index in [2.05, 4.69) is 4.98 Å². The summed E-state index contributed by atoms with van der Waals surface area (Å²) in [6.45, 7) is -0.000367. The fourth-order valence-corrected chi connectivity index (χ4v) is 2.36. The summed E-state index contributed by atoms with van der Waals surface area (Å²) >= 11 is 0. The maximum Gasteiger partial charge on any atom is 0.216 e. The fraction of sp³-hybridized carbons (Fsp3) is 0.417. The SMILES string of the molecule is OC[C@@H]1CC[C@H](n2ccc3c(O)cc(O)nc32)O1. The van der Waals surface area contributed by atoms with Crippen molar-refractivity contribution in [1.82, 2.24) is 9.55 Å². The van der Waals surface area contributed by atoms with Crippen LogP contribution >= 0.6 is 0 Å². The van der Waals surface area contributed by atoms with E-state index < -0.39 is 0 Å². The molecule has 0 saturated carbocycles. The first-order chi connectivity index (χ1) is 8.69. The molecule has 0 bridgehead atoms. The lowest BCUT2D eigenvalue weighted by Crippen LogP contribution is -2.14. The van der Waals surface area contributed by atoms with Crippen LogP contribution in [-0.2, 0) is 4.74 Å². The molecule has 1 aliphatic heterocycles. The molecule has 0 unspecified atom stereocenters. The van der Waals surface area contributed by atoms with E-state index >= 15 is 0 Å². The Kier molecular flexibility index (Phi) is 2.61. The molecule has 96 valence electrons. The summed E-state index contributed by atoms with van der Waals surface area (Å²) in [6.07, 6.45) is 2.95. The minimum atomic E-state index is -0.225. The van der Waals surface area contributed by atoms with Gasteiger partial charge < -0.3 is 24.6 Å². The van der Waals surface area contributed by atoms with Crippen molar-refractivity contribution in [3.05, 3.63) is 18.3 Å². The molecule has 0 spiro atoms. The summed E-state index contributed by atoms with van der Waals surface area (Å²) in [6, 6.07) is 2.94. The minimum absolute atomic E-state index is 0.000367. The van der Waals surface area contributed by atoms with Crippen LogP contribution in [0.4, 0.5) is 0 Å². The van der Waals surface area contributed by atoms with Gasteiger partial charge in [0.1, 0.15) is 17.6 Å². The average molecular weight is 250 g/mol. The van der Waals surface area contributed by atoms with Crippen molar-refractivity contribution in [1.29, 1.82) is 0 Å². The van der Waals surface area contributed by atoms with Gasteiger partial charge >= 0.3 is 0 Å². The third-order valence-corrected chi connectivity index (χ3v) is 3.25. The lowest BCUT2D eigenvalue weighted by Gasteiger charge is -2.14. The summed E-state index contributed by atoms with van der Waals surface area (Å²) in [5.41, 5.74) is 0.482. The van der Waals surface area contributed by atoms with E-state index in [1.165, 1.54) is 6.07 Å². The molecule has 6 nitrogen and oxygen atoms in total. The smallest absolute Gasteiger partial charge is 0.216 e. The first kappa shape index (κ1) is 11.3. The number of aliphatic hydroxyl groups is 1. The molecule has 2 aromatic heterocycles. The number of aliphatic hydroxyl groups excluding tert-OH is 1. The Balaban J connectivity index is 2.03. The van der Waals surface area contributed by atoms with Gasteiger partial charge in [-0.1, -0.05) is 0 Å². The molecule has 3 heterocycles. The molecular formula is C12H14N2O4. The molecule has 0 aromatic carbocycles. The van der Waals surface area contributed by atoms with E-state index in [9.17, 15) is 10.2 Å². The van der Waals surface area contributed by atoms with Gasteiger partial charge in [0.2, 0.25) is 5.88 Å². The largest absolute Gasteiger partial charge is 0.507 e. The summed E-state index contributed by atoms with van der Waals surface area (Å²) in [4.78, 5) is 4.01. The lowest BCUT2D eigenvalue weighted by molar-refractivity contribution is -0.0204. The zero-order valence-corrected chi connectivity index (χ0v) is 9.65. The molecule has 2 aromatic rings. The van der Waals surface area contributed by atoms with Gasteiger partial charge in [0.15, 0.2) is 0 Å². The van der Waals surface area contributed by atoms with Crippen LogP contribution in [-0.4, -0.2) is 37.6 Å². The third kappa shape index (κ3) is 1.70. The second-order valence-electron chi connectivity index (χ2n) is 4.43. The quantitative estimate of drug-likeness (QED) is 0.743. The van der Waals surface area contributed by atoms with Crippen molar-refractivity contribution >= 4 is 11.0 Å². The Morgan fingerprint density at radius 1 is 1.39 bits per heavy atom. The van der Waals surface area contributed by atoms with Crippen LogP contribution in [0.2, 0.25) is 0 Å². The highest BCUT2D eigenvalue weighted by Crippen LogP contribution is 2.34. The van der Waals surface area contributed by atoms with Crippen LogP contribution in [0.1, 0.15) is 19.1 Å². The molecule has 3 rings (SSSR count). The fourth-order valence-electron chi connectivity index (χ4n) is 2.36. The van der Waals surface area contributed by atoms with Crippen molar-refractivity contribution in [2.75, 3.05) is 6.61 Å². The maximum atomic E-state index is 9.71. The molecule has 0 amide bonds.